The van der Waals surface area contributed by atoms with E-state index in [0.717, 1.165) is 0 Å². The number of carbonyl (C=O) groups is 1. The quantitative estimate of drug-likeness (QED) is 0.791. The van der Waals surface area contributed by atoms with Gasteiger partial charge in [0.05, 0.1) is 7.11 Å². The number of furan rings is 1. The summed E-state index contributed by atoms with van der Waals surface area (Å²) in [5, 5.41) is 2.92. The van der Waals surface area contributed by atoms with Gasteiger partial charge in [0.15, 0.2) is 0 Å². The zero-order valence-corrected chi connectivity index (χ0v) is 11.6. The Balaban J connectivity index is 2.24. The van der Waals surface area contributed by atoms with Crippen LogP contribution in [0.25, 0.3) is 0 Å². The Morgan fingerprint density at radius 3 is 2.89 bits per heavy atom. The molecule has 1 aliphatic rings. The van der Waals surface area contributed by atoms with Crippen LogP contribution in [0.1, 0.15) is 17.5 Å². The third-order valence-corrected chi connectivity index (χ3v) is 4.63. The monoisotopic (exact) mass is 288 g/mol. The second kappa shape index (κ2) is 5.32. The largest absolute Gasteiger partial charge is 0.463 e. The van der Waals surface area contributed by atoms with E-state index < -0.39 is 16.0 Å². The summed E-state index contributed by atoms with van der Waals surface area (Å²) in [5.41, 5.74) is 0. The molecule has 1 atom stereocenters. The van der Waals surface area contributed by atoms with Crippen LogP contribution in [0.5, 0.6) is 0 Å². The van der Waals surface area contributed by atoms with Gasteiger partial charge in [0, 0.05) is 25.7 Å². The first-order valence-electron chi connectivity index (χ1n) is 5.87. The van der Waals surface area contributed by atoms with Crippen LogP contribution >= 0.6 is 0 Å². The minimum atomic E-state index is -3.70. The van der Waals surface area contributed by atoms with Gasteiger partial charge in [-0.1, -0.05) is 0 Å². The Morgan fingerprint density at radius 2 is 2.26 bits per heavy atom. The highest BCUT2D eigenvalue weighted by Gasteiger charge is 2.31. The number of methoxy groups -OCH3 is 1. The van der Waals surface area contributed by atoms with E-state index in [-0.39, 0.29) is 16.9 Å². The highest BCUT2D eigenvalue weighted by Crippen LogP contribution is 2.20. The van der Waals surface area contributed by atoms with Gasteiger partial charge in [0.2, 0.25) is 10.9 Å². The van der Waals surface area contributed by atoms with Gasteiger partial charge in [-0.25, -0.2) is 13.2 Å². The lowest BCUT2D eigenvalue weighted by Gasteiger charge is -2.30. The van der Waals surface area contributed by atoms with Crippen molar-refractivity contribution < 1.29 is 22.4 Å². The van der Waals surface area contributed by atoms with E-state index >= 15 is 0 Å². The second-order valence-electron chi connectivity index (χ2n) is 4.33. The normalized spacial score (nSPS) is 21.3. The average Bonchev–Trinajstić information content (AvgIpc) is 2.88. The summed E-state index contributed by atoms with van der Waals surface area (Å²) in [6, 6.07) is 2.65. The number of hydrogen-bond acceptors (Lipinski definition) is 6. The van der Waals surface area contributed by atoms with Gasteiger partial charge in [-0.05, 0) is 19.1 Å². The Bertz CT molecular complexity index is 565. The molecule has 0 spiro atoms. The van der Waals surface area contributed by atoms with E-state index in [1.165, 1.54) is 23.5 Å². The molecule has 106 valence electrons. The smallest absolute Gasteiger partial charge is 0.374 e. The van der Waals surface area contributed by atoms with E-state index in [1.54, 1.807) is 0 Å². The lowest BCUT2D eigenvalue weighted by atomic mass is 10.3. The molecule has 1 unspecified atom stereocenters. The first-order chi connectivity index (χ1) is 8.95. The van der Waals surface area contributed by atoms with E-state index in [2.05, 4.69) is 10.1 Å². The molecule has 2 rings (SSSR count). The van der Waals surface area contributed by atoms with E-state index in [0.29, 0.717) is 19.6 Å². The van der Waals surface area contributed by atoms with Crippen LogP contribution in [0.3, 0.4) is 0 Å². The van der Waals surface area contributed by atoms with Crippen LogP contribution in [0, 0.1) is 0 Å². The molecule has 1 N–H and O–H groups in total. The van der Waals surface area contributed by atoms with Gasteiger partial charge < -0.3 is 14.5 Å². The number of nitrogens with one attached hydrogen (secondary N) is 1. The van der Waals surface area contributed by atoms with Crippen LogP contribution in [-0.4, -0.2) is 51.5 Å². The second-order valence-corrected chi connectivity index (χ2v) is 6.20. The summed E-state index contributed by atoms with van der Waals surface area (Å²) in [6.07, 6.45) is 0. The fraction of sp³-hybridized carbons (Fsp3) is 0.545. The average molecular weight is 288 g/mol. The maximum absolute atomic E-state index is 12.3. The fourth-order valence-electron chi connectivity index (χ4n) is 1.91. The van der Waals surface area contributed by atoms with Crippen molar-refractivity contribution in [1.29, 1.82) is 0 Å². The first-order valence-corrected chi connectivity index (χ1v) is 7.31. The number of hydrogen-bond donors (Lipinski definition) is 1. The number of ether oxygens (including phenoxy) is 1. The maximum atomic E-state index is 12.3. The summed E-state index contributed by atoms with van der Waals surface area (Å²) >= 11 is 0. The van der Waals surface area contributed by atoms with Crippen LogP contribution in [-0.2, 0) is 14.8 Å². The molecule has 19 heavy (non-hydrogen) atoms. The number of sulfonamides is 1. The predicted molar refractivity (Wildman–Crippen MR) is 66.3 cm³/mol. The van der Waals surface area contributed by atoms with Crippen molar-refractivity contribution in [2.24, 2.45) is 0 Å². The van der Waals surface area contributed by atoms with Crippen molar-refractivity contribution >= 4 is 16.0 Å². The van der Waals surface area contributed by atoms with Crippen molar-refractivity contribution in [3.8, 4) is 0 Å². The third kappa shape index (κ3) is 2.80. The zero-order chi connectivity index (χ0) is 14.0. The summed E-state index contributed by atoms with van der Waals surface area (Å²) in [4.78, 5) is 11.2. The highest BCUT2D eigenvalue weighted by atomic mass is 32.2. The van der Waals surface area contributed by atoms with E-state index in [9.17, 15) is 13.2 Å². The fourth-order valence-corrected chi connectivity index (χ4v) is 3.35. The summed E-state index contributed by atoms with van der Waals surface area (Å²) in [5.74, 6) is -0.820. The lowest BCUT2D eigenvalue weighted by molar-refractivity contribution is 0.0558. The topological polar surface area (TPSA) is 88.9 Å². The van der Waals surface area contributed by atoms with Crippen molar-refractivity contribution in [1.82, 2.24) is 9.62 Å². The maximum Gasteiger partial charge on any atom is 0.374 e. The van der Waals surface area contributed by atoms with E-state index in [1.807, 2.05) is 6.92 Å². The minimum Gasteiger partial charge on any atom is -0.463 e. The van der Waals surface area contributed by atoms with Crippen molar-refractivity contribution in [2.45, 2.75) is 18.1 Å². The molecule has 1 aromatic rings. The van der Waals surface area contributed by atoms with Crippen LogP contribution in [0.15, 0.2) is 21.6 Å². The molecule has 8 heteroatoms. The SMILES string of the molecule is COC(=O)c1ccc(S(=O)(=O)N2CCNC(C)C2)o1. The third-order valence-electron chi connectivity index (χ3n) is 2.89. The molecule has 0 radical (unpaired) electrons. The summed E-state index contributed by atoms with van der Waals surface area (Å²) in [6.45, 7) is 3.24. The number of nitrogens with zero attached hydrogens (tertiary/aromatic N) is 1. The molecule has 0 amide bonds. The molecule has 1 aliphatic heterocycles. The molecule has 1 saturated heterocycles. The van der Waals surface area contributed by atoms with Gasteiger partial charge in [-0.2, -0.15) is 4.31 Å². The molecular weight excluding hydrogens is 272 g/mol. The highest BCUT2D eigenvalue weighted by molar-refractivity contribution is 7.89. The Kier molecular flexibility index (Phi) is 3.93. The molecule has 1 aromatic heterocycles. The summed E-state index contributed by atoms with van der Waals surface area (Å²) < 4.78 is 35.5. The molecule has 7 nitrogen and oxygen atoms in total. The number of carbonyl (C=O) groups excluding carboxylic acids is 1. The molecule has 0 bridgehead atoms. The molecular formula is C11H16N2O5S. The Hall–Kier alpha value is -1.38. The number of piperazine rings is 1. The van der Waals surface area contributed by atoms with Crippen LogP contribution in [0.4, 0.5) is 0 Å². The van der Waals surface area contributed by atoms with Gasteiger partial charge >= 0.3 is 5.97 Å². The van der Waals surface area contributed by atoms with Crippen molar-refractivity contribution in [2.75, 3.05) is 26.7 Å². The standard InChI is InChI=1S/C11H16N2O5S/c1-8-7-13(6-5-12-8)19(15,16)10-4-3-9(18-10)11(14)17-2/h3-4,8,12H,5-7H2,1-2H3. The number of rotatable bonds is 3. The van der Waals surface area contributed by atoms with Crippen LogP contribution in [0.2, 0.25) is 0 Å². The number of esters is 1. The van der Waals surface area contributed by atoms with Crippen molar-refractivity contribution in [3.63, 3.8) is 0 Å². The molecule has 2 heterocycles. The predicted octanol–water partition coefficient (Wildman–Crippen LogP) is 0.0486. The van der Waals surface area contributed by atoms with Crippen molar-refractivity contribution in [3.05, 3.63) is 17.9 Å². The van der Waals surface area contributed by atoms with Gasteiger partial charge in [0.1, 0.15) is 0 Å². The molecule has 0 aliphatic carbocycles. The lowest BCUT2D eigenvalue weighted by Crippen LogP contribution is -2.51. The molecule has 0 aromatic carbocycles. The van der Waals surface area contributed by atoms with E-state index in [4.69, 9.17) is 4.42 Å². The minimum absolute atomic E-state index is 0.0820. The van der Waals surface area contributed by atoms with Gasteiger partial charge in [-0.3, -0.25) is 0 Å². The van der Waals surface area contributed by atoms with Crippen LogP contribution < -0.4 is 5.32 Å². The molecule has 0 saturated carbocycles. The molecule has 1 fully saturated rings. The van der Waals surface area contributed by atoms with Gasteiger partial charge in [-0.15, -0.1) is 0 Å². The first kappa shape index (κ1) is 14.0. The van der Waals surface area contributed by atoms with Gasteiger partial charge in [0.25, 0.3) is 10.0 Å². The Labute approximate surface area is 111 Å². The zero-order valence-electron chi connectivity index (χ0n) is 10.8. The summed E-state index contributed by atoms with van der Waals surface area (Å²) in [7, 11) is -2.49. The Morgan fingerprint density at radius 1 is 1.53 bits per heavy atom.